The number of amides is 1. The molecule has 0 spiro atoms. The molecule has 18 heavy (non-hydrogen) atoms. The Balaban J connectivity index is 2.32. The van der Waals surface area contributed by atoms with Crippen LogP contribution in [0.25, 0.3) is 0 Å². The third kappa shape index (κ3) is 4.60. The second kappa shape index (κ2) is 6.55. The van der Waals surface area contributed by atoms with Crippen molar-refractivity contribution in [2.75, 3.05) is 19.6 Å². The van der Waals surface area contributed by atoms with Gasteiger partial charge in [0.15, 0.2) is 0 Å². The van der Waals surface area contributed by atoms with Gasteiger partial charge in [-0.15, -0.1) is 0 Å². The molecule has 1 unspecified atom stereocenters. The first-order valence-corrected chi connectivity index (χ1v) is 7.32. The lowest BCUT2D eigenvalue weighted by atomic mass is 9.75. The molecule has 1 atom stereocenters. The van der Waals surface area contributed by atoms with E-state index in [0.29, 0.717) is 30.2 Å². The molecule has 0 radical (unpaired) electrons. The van der Waals surface area contributed by atoms with Gasteiger partial charge in [-0.3, -0.25) is 4.79 Å². The average Bonchev–Trinajstić information content (AvgIpc) is 2.34. The van der Waals surface area contributed by atoms with Crippen molar-refractivity contribution < 1.29 is 4.79 Å². The van der Waals surface area contributed by atoms with Gasteiger partial charge in [0.1, 0.15) is 0 Å². The highest BCUT2D eigenvalue weighted by Crippen LogP contribution is 2.34. The number of carbonyl (C=O) groups is 1. The minimum atomic E-state index is 0.322. The van der Waals surface area contributed by atoms with Crippen LogP contribution in [0.4, 0.5) is 0 Å². The molecular weight excluding hydrogens is 224 g/mol. The number of piperidine rings is 1. The van der Waals surface area contributed by atoms with Crippen molar-refractivity contribution in [2.45, 2.75) is 53.4 Å². The molecule has 1 heterocycles. The SMILES string of the molecule is CC(CN)CCC(=O)N1CCC(C(C)(C)C)CC1. The molecule has 106 valence electrons. The van der Waals surface area contributed by atoms with E-state index in [1.807, 2.05) is 4.90 Å². The molecule has 1 rings (SSSR count). The van der Waals surface area contributed by atoms with Crippen LogP contribution in [0, 0.1) is 17.3 Å². The van der Waals surface area contributed by atoms with E-state index in [1.54, 1.807) is 0 Å². The van der Waals surface area contributed by atoms with Gasteiger partial charge >= 0.3 is 0 Å². The molecule has 0 aromatic rings. The van der Waals surface area contributed by atoms with E-state index in [9.17, 15) is 4.79 Å². The fraction of sp³-hybridized carbons (Fsp3) is 0.933. The van der Waals surface area contributed by atoms with Crippen molar-refractivity contribution in [3.05, 3.63) is 0 Å². The van der Waals surface area contributed by atoms with Crippen molar-refractivity contribution >= 4 is 5.91 Å². The Morgan fingerprint density at radius 1 is 1.33 bits per heavy atom. The van der Waals surface area contributed by atoms with Crippen LogP contribution in [0.1, 0.15) is 53.4 Å². The summed E-state index contributed by atoms with van der Waals surface area (Å²) in [6.07, 6.45) is 3.90. The van der Waals surface area contributed by atoms with Crippen LogP contribution in [0.3, 0.4) is 0 Å². The first-order chi connectivity index (χ1) is 8.34. The third-order valence-corrected chi connectivity index (χ3v) is 4.33. The summed E-state index contributed by atoms with van der Waals surface area (Å²) in [6.45, 7) is 11.6. The van der Waals surface area contributed by atoms with Gasteiger partial charge in [-0.25, -0.2) is 0 Å². The molecule has 1 aliphatic heterocycles. The maximum absolute atomic E-state index is 12.1. The van der Waals surface area contributed by atoms with Gasteiger partial charge in [0.2, 0.25) is 5.91 Å². The Kier molecular flexibility index (Phi) is 5.64. The highest BCUT2D eigenvalue weighted by Gasteiger charge is 2.30. The summed E-state index contributed by atoms with van der Waals surface area (Å²) in [5.41, 5.74) is 5.96. The normalized spacial score (nSPS) is 19.9. The zero-order valence-electron chi connectivity index (χ0n) is 12.5. The summed E-state index contributed by atoms with van der Waals surface area (Å²) in [7, 11) is 0. The lowest BCUT2D eigenvalue weighted by molar-refractivity contribution is -0.133. The number of hydrogen-bond acceptors (Lipinski definition) is 2. The van der Waals surface area contributed by atoms with E-state index < -0.39 is 0 Å². The third-order valence-electron chi connectivity index (χ3n) is 4.33. The van der Waals surface area contributed by atoms with Crippen LogP contribution in [-0.4, -0.2) is 30.4 Å². The highest BCUT2D eigenvalue weighted by molar-refractivity contribution is 5.76. The van der Waals surface area contributed by atoms with Crippen molar-refractivity contribution in [3.63, 3.8) is 0 Å². The first-order valence-electron chi connectivity index (χ1n) is 7.32. The summed E-state index contributed by atoms with van der Waals surface area (Å²) in [4.78, 5) is 14.1. The summed E-state index contributed by atoms with van der Waals surface area (Å²) in [5, 5.41) is 0. The minimum absolute atomic E-state index is 0.322. The fourth-order valence-corrected chi connectivity index (χ4v) is 2.64. The Morgan fingerprint density at radius 3 is 2.33 bits per heavy atom. The molecule has 1 amide bonds. The van der Waals surface area contributed by atoms with Crippen molar-refractivity contribution in [1.29, 1.82) is 0 Å². The number of hydrogen-bond donors (Lipinski definition) is 1. The van der Waals surface area contributed by atoms with Crippen LogP contribution in [0.5, 0.6) is 0 Å². The topological polar surface area (TPSA) is 46.3 Å². The van der Waals surface area contributed by atoms with E-state index in [2.05, 4.69) is 27.7 Å². The van der Waals surface area contributed by atoms with Crippen LogP contribution < -0.4 is 5.73 Å². The molecular formula is C15H30N2O. The molecule has 0 saturated carbocycles. The molecule has 1 saturated heterocycles. The quantitative estimate of drug-likeness (QED) is 0.838. The molecule has 0 aromatic carbocycles. The highest BCUT2D eigenvalue weighted by atomic mass is 16.2. The Hall–Kier alpha value is -0.570. The van der Waals surface area contributed by atoms with Crippen LogP contribution in [0.15, 0.2) is 0 Å². The predicted molar refractivity (Wildman–Crippen MR) is 76.2 cm³/mol. The number of nitrogens with two attached hydrogens (primary N) is 1. The molecule has 3 nitrogen and oxygen atoms in total. The lowest BCUT2D eigenvalue weighted by Crippen LogP contribution is -2.41. The molecule has 3 heteroatoms. The number of carbonyl (C=O) groups excluding carboxylic acids is 1. The Morgan fingerprint density at radius 2 is 1.89 bits per heavy atom. The van der Waals surface area contributed by atoms with Crippen molar-refractivity contribution in [1.82, 2.24) is 4.90 Å². The fourth-order valence-electron chi connectivity index (χ4n) is 2.64. The standard InChI is InChI=1S/C15H30N2O/c1-12(11-16)5-6-14(18)17-9-7-13(8-10-17)15(2,3)4/h12-13H,5-11,16H2,1-4H3. The summed E-state index contributed by atoms with van der Waals surface area (Å²) < 4.78 is 0. The largest absolute Gasteiger partial charge is 0.343 e. The van der Waals surface area contributed by atoms with Crippen molar-refractivity contribution in [2.24, 2.45) is 23.0 Å². The van der Waals surface area contributed by atoms with Gasteiger partial charge in [0.05, 0.1) is 0 Å². The van der Waals surface area contributed by atoms with Crippen molar-refractivity contribution in [3.8, 4) is 0 Å². The number of nitrogens with zero attached hydrogens (tertiary/aromatic N) is 1. The minimum Gasteiger partial charge on any atom is -0.343 e. The van der Waals surface area contributed by atoms with E-state index >= 15 is 0 Å². The van der Waals surface area contributed by atoms with E-state index in [4.69, 9.17) is 5.73 Å². The summed E-state index contributed by atoms with van der Waals surface area (Å²) in [6, 6.07) is 0. The Labute approximate surface area is 112 Å². The summed E-state index contributed by atoms with van der Waals surface area (Å²) in [5.74, 6) is 1.54. The van der Waals surface area contributed by atoms with E-state index in [0.717, 1.165) is 38.3 Å². The van der Waals surface area contributed by atoms with Gasteiger partial charge in [-0.2, -0.15) is 0 Å². The molecule has 1 fully saturated rings. The molecule has 1 aliphatic rings. The first kappa shape index (κ1) is 15.5. The zero-order valence-corrected chi connectivity index (χ0v) is 12.5. The maximum atomic E-state index is 12.1. The van der Waals surface area contributed by atoms with Crippen LogP contribution in [0.2, 0.25) is 0 Å². The second-order valence-electron chi connectivity index (χ2n) is 6.90. The zero-order chi connectivity index (χ0) is 13.8. The average molecular weight is 254 g/mol. The van der Waals surface area contributed by atoms with E-state index in [1.165, 1.54) is 0 Å². The van der Waals surface area contributed by atoms with Gasteiger partial charge < -0.3 is 10.6 Å². The van der Waals surface area contributed by atoms with Crippen LogP contribution >= 0.6 is 0 Å². The maximum Gasteiger partial charge on any atom is 0.222 e. The Bertz CT molecular complexity index is 262. The number of likely N-dealkylation sites (tertiary alicyclic amines) is 1. The predicted octanol–water partition coefficient (Wildman–Crippen LogP) is 2.65. The number of rotatable bonds is 4. The van der Waals surface area contributed by atoms with Gasteiger partial charge in [-0.05, 0) is 43.1 Å². The van der Waals surface area contributed by atoms with Gasteiger partial charge in [-0.1, -0.05) is 27.7 Å². The molecule has 0 aliphatic carbocycles. The van der Waals surface area contributed by atoms with E-state index in [-0.39, 0.29) is 0 Å². The second-order valence-corrected chi connectivity index (χ2v) is 6.90. The molecule has 0 bridgehead atoms. The lowest BCUT2D eigenvalue weighted by Gasteiger charge is -2.38. The van der Waals surface area contributed by atoms with Crippen LogP contribution in [-0.2, 0) is 4.79 Å². The smallest absolute Gasteiger partial charge is 0.222 e. The summed E-state index contributed by atoms with van der Waals surface area (Å²) >= 11 is 0. The van der Waals surface area contributed by atoms with Gasteiger partial charge in [0, 0.05) is 19.5 Å². The van der Waals surface area contributed by atoms with Gasteiger partial charge in [0.25, 0.3) is 0 Å². The molecule has 0 aromatic heterocycles. The molecule has 2 N–H and O–H groups in total. The monoisotopic (exact) mass is 254 g/mol.